The second-order valence-electron chi connectivity index (χ2n) is 8.59. The van der Waals surface area contributed by atoms with Gasteiger partial charge in [0.1, 0.15) is 17.2 Å². The highest BCUT2D eigenvalue weighted by atomic mass is 16.3. The number of rotatable bonds is 5. The first-order valence-corrected chi connectivity index (χ1v) is 11.8. The van der Waals surface area contributed by atoms with Gasteiger partial charge in [0.25, 0.3) is 0 Å². The van der Waals surface area contributed by atoms with Gasteiger partial charge in [-0.1, -0.05) is 48.5 Å². The maximum Gasteiger partial charge on any atom is 0.145 e. The Kier molecular flexibility index (Phi) is 5.43. The average molecular weight is 469 g/mol. The van der Waals surface area contributed by atoms with Crippen molar-refractivity contribution < 1.29 is 5.11 Å². The minimum atomic E-state index is 0.224. The van der Waals surface area contributed by atoms with Gasteiger partial charge in [0.05, 0.1) is 5.69 Å². The Hall–Kier alpha value is -4.90. The molecule has 5 nitrogen and oxygen atoms in total. The van der Waals surface area contributed by atoms with E-state index in [-0.39, 0.29) is 5.75 Å². The number of pyridine rings is 2. The van der Waals surface area contributed by atoms with Gasteiger partial charge in [0, 0.05) is 40.6 Å². The van der Waals surface area contributed by atoms with Gasteiger partial charge in [-0.25, -0.2) is 9.97 Å². The minimum Gasteiger partial charge on any atom is -0.507 e. The van der Waals surface area contributed by atoms with Crippen molar-refractivity contribution in [2.75, 3.05) is 4.90 Å². The van der Waals surface area contributed by atoms with Gasteiger partial charge in [0.15, 0.2) is 0 Å². The number of fused-ring (bicyclic) bond motifs is 1. The molecule has 5 heteroatoms. The number of hydrogen-bond donors (Lipinski definition) is 1. The highest BCUT2D eigenvalue weighted by Gasteiger charge is 2.18. The van der Waals surface area contributed by atoms with E-state index >= 15 is 0 Å². The largest absolute Gasteiger partial charge is 0.507 e. The molecule has 0 amide bonds. The molecule has 0 aliphatic carbocycles. The van der Waals surface area contributed by atoms with Crippen molar-refractivity contribution >= 4 is 22.8 Å². The third-order valence-corrected chi connectivity index (χ3v) is 6.36. The van der Waals surface area contributed by atoms with Crippen molar-refractivity contribution in [1.29, 1.82) is 0 Å². The predicted molar refractivity (Wildman–Crippen MR) is 145 cm³/mol. The quantitative estimate of drug-likeness (QED) is 0.284. The zero-order valence-corrected chi connectivity index (χ0v) is 19.8. The first-order valence-electron chi connectivity index (χ1n) is 11.8. The van der Waals surface area contributed by atoms with Crippen LogP contribution in [0, 0.1) is 6.92 Å². The van der Waals surface area contributed by atoms with Crippen LogP contribution in [0.4, 0.5) is 17.2 Å². The number of anilines is 3. The van der Waals surface area contributed by atoms with Gasteiger partial charge < -0.3 is 9.51 Å². The van der Waals surface area contributed by atoms with Crippen molar-refractivity contribution in [3.05, 3.63) is 127 Å². The van der Waals surface area contributed by atoms with Gasteiger partial charge in [-0.2, -0.15) is 0 Å². The number of imidazole rings is 1. The summed E-state index contributed by atoms with van der Waals surface area (Å²) in [4.78, 5) is 11.8. The molecule has 0 spiro atoms. The molecule has 36 heavy (non-hydrogen) atoms. The summed E-state index contributed by atoms with van der Waals surface area (Å²) in [5.74, 6) is 1.07. The lowest BCUT2D eigenvalue weighted by Crippen LogP contribution is -2.11. The second-order valence-corrected chi connectivity index (χ2v) is 8.59. The van der Waals surface area contributed by atoms with E-state index in [0.717, 1.165) is 50.9 Å². The second kappa shape index (κ2) is 9.04. The van der Waals surface area contributed by atoms with Gasteiger partial charge in [0.2, 0.25) is 0 Å². The third-order valence-electron chi connectivity index (χ3n) is 6.36. The fourth-order valence-corrected chi connectivity index (χ4v) is 4.63. The smallest absolute Gasteiger partial charge is 0.145 e. The maximum absolute atomic E-state index is 10.5. The monoisotopic (exact) mass is 468 g/mol. The number of phenols is 1. The molecule has 3 aromatic carbocycles. The Balaban J connectivity index is 1.51. The lowest BCUT2D eigenvalue weighted by Gasteiger charge is -2.24. The molecule has 0 unspecified atom stereocenters. The Morgan fingerprint density at radius 2 is 1.47 bits per heavy atom. The fraction of sp³-hybridized carbons (Fsp3) is 0.0323. The van der Waals surface area contributed by atoms with Crippen LogP contribution >= 0.6 is 0 Å². The van der Waals surface area contributed by atoms with Crippen LogP contribution in [0.5, 0.6) is 5.75 Å². The summed E-state index contributed by atoms with van der Waals surface area (Å²) in [6.07, 6.45) is 3.82. The van der Waals surface area contributed by atoms with E-state index in [9.17, 15) is 5.11 Å². The number of aryl methyl sites for hydroxylation is 1. The van der Waals surface area contributed by atoms with Gasteiger partial charge in [-0.15, -0.1) is 0 Å². The molecule has 3 heterocycles. The summed E-state index contributed by atoms with van der Waals surface area (Å²) < 4.78 is 2.08. The number of nitrogens with zero attached hydrogens (tertiary/aromatic N) is 4. The van der Waals surface area contributed by atoms with Crippen LogP contribution in [-0.4, -0.2) is 19.5 Å². The summed E-state index contributed by atoms with van der Waals surface area (Å²) in [5, 5.41) is 10.5. The third kappa shape index (κ3) is 3.77. The van der Waals surface area contributed by atoms with Gasteiger partial charge >= 0.3 is 0 Å². The number of phenolic OH excluding ortho intramolecular Hbond substituents is 1. The van der Waals surface area contributed by atoms with E-state index in [2.05, 4.69) is 56.7 Å². The van der Waals surface area contributed by atoms with Crippen LogP contribution in [0.3, 0.4) is 0 Å². The van der Waals surface area contributed by atoms with Crippen LogP contribution in [0.2, 0.25) is 0 Å². The molecule has 0 aliphatic rings. The molecule has 174 valence electrons. The average Bonchev–Trinajstić information content (AvgIpc) is 3.27. The zero-order valence-electron chi connectivity index (χ0n) is 19.8. The molecule has 1 N–H and O–H groups in total. The van der Waals surface area contributed by atoms with Crippen molar-refractivity contribution in [2.45, 2.75) is 6.92 Å². The molecule has 0 atom stereocenters. The number of aromatic hydroxyl groups is 1. The summed E-state index contributed by atoms with van der Waals surface area (Å²) >= 11 is 0. The molecular formula is C31H24N4O. The van der Waals surface area contributed by atoms with Crippen LogP contribution in [0.1, 0.15) is 5.69 Å². The normalized spacial score (nSPS) is 11.0. The molecule has 3 aromatic heterocycles. The summed E-state index contributed by atoms with van der Waals surface area (Å²) in [6, 6.07) is 36.0. The molecule has 0 bridgehead atoms. The van der Waals surface area contributed by atoms with Crippen LogP contribution in [0.25, 0.3) is 28.0 Å². The number of hydrogen-bond acceptors (Lipinski definition) is 4. The van der Waals surface area contributed by atoms with E-state index in [1.54, 1.807) is 6.07 Å². The van der Waals surface area contributed by atoms with Crippen molar-refractivity contribution in [3.63, 3.8) is 0 Å². The van der Waals surface area contributed by atoms with Gasteiger partial charge in [-0.3, -0.25) is 4.90 Å². The summed E-state index contributed by atoms with van der Waals surface area (Å²) in [6.45, 7) is 2.03. The van der Waals surface area contributed by atoms with Crippen molar-refractivity contribution in [1.82, 2.24) is 14.4 Å². The molecule has 6 rings (SSSR count). The van der Waals surface area contributed by atoms with Crippen molar-refractivity contribution in [2.24, 2.45) is 0 Å². The fourth-order valence-electron chi connectivity index (χ4n) is 4.63. The summed E-state index contributed by atoms with van der Waals surface area (Å²) in [5.41, 5.74) is 7.41. The Morgan fingerprint density at radius 1 is 0.722 bits per heavy atom. The lowest BCUT2D eigenvalue weighted by molar-refractivity contribution is 0.477. The highest BCUT2D eigenvalue weighted by molar-refractivity contribution is 5.85. The van der Waals surface area contributed by atoms with Crippen LogP contribution < -0.4 is 4.90 Å². The zero-order chi connectivity index (χ0) is 24.5. The topological polar surface area (TPSA) is 53.7 Å². The predicted octanol–water partition coefficient (Wildman–Crippen LogP) is 7.55. The van der Waals surface area contributed by atoms with Gasteiger partial charge in [-0.05, 0) is 73.2 Å². The van der Waals surface area contributed by atoms with Crippen LogP contribution in [-0.2, 0) is 0 Å². The van der Waals surface area contributed by atoms with Crippen LogP contribution in [0.15, 0.2) is 122 Å². The number of para-hydroxylation sites is 2. The molecule has 0 saturated heterocycles. The van der Waals surface area contributed by atoms with E-state index in [4.69, 9.17) is 4.98 Å². The van der Waals surface area contributed by atoms with E-state index < -0.39 is 0 Å². The highest BCUT2D eigenvalue weighted by Crippen LogP contribution is 2.37. The Bertz CT molecular complexity index is 1620. The standard InChI is InChI=1S/C31H24N4O/c1-22-30(27-15-5-6-17-28(27)36)33-31-26(16-10-20-34(22)31)23-11-9-14-25(21-23)35(24-12-3-2-4-13-24)29-18-7-8-19-32-29/h2-21,36H,1H3. The van der Waals surface area contributed by atoms with Crippen molar-refractivity contribution in [3.8, 4) is 28.1 Å². The summed E-state index contributed by atoms with van der Waals surface area (Å²) in [7, 11) is 0. The number of aromatic nitrogens is 3. The molecule has 0 fully saturated rings. The first-order chi connectivity index (χ1) is 17.7. The maximum atomic E-state index is 10.5. The van der Waals surface area contributed by atoms with E-state index in [1.165, 1.54) is 0 Å². The Labute approximate surface area is 209 Å². The van der Waals surface area contributed by atoms with E-state index in [1.807, 2.05) is 80.0 Å². The Morgan fingerprint density at radius 3 is 2.28 bits per heavy atom. The molecule has 0 saturated carbocycles. The molecule has 0 aliphatic heterocycles. The lowest BCUT2D eigenvalue weighted by atomic mass is 10.1. The SMILES string of the molecule is Cc1c(-c2ccccc2O)nc2c(-c3cccc(N(c4ccccc4)c4ccccn4)c3)cccn12. The minimum absolute atomic E-state index is 0.224. The molecule has 6 aromatic rings. The molecule has 0 radical (unpaired) electrons. The molecular weight excluding hydrogens is 444 g/mol. The number of benzene rings is 3. The first kappa shape index (κ1) is 21.6. The van der Waals surface area contributed by atoms with E-state index in [0.29, 0.717) is 0 Å².